The van der Waals surface area contributed by atoms with Crippen molar-refractivity contribution in [2.45, 2.75) is 18.9 Å². The van der Waals surface area contributed by atoms with Gasteiger partial charge in [-0.3, -0.25) is 14.9 Å². The summed E-state index contributed by atoms with van der Waals surface area (Å²) in [4.78, 5) is 28.0. The summed E-state index contributed by atoms with van der Waals surface area (Å²) in [6.07, 6.45) is 2.06. The number of furan rings is 1. The molecule has 0 saturated carbocycles. The lowest BCUT2D eigenvalue weighted by Crippen LogP contribution is -2.48. The van der Waals surface area contributed by atoms with Crippen molar-refractivity contribution in [1.29, 1.82) is 0 Å². The second-order valence-corrected chi connectivity index (χ2v) is 8.40. The fourth-order valence-corrected chi connectivity index (χ4v) is 4.46. The molecule has 2 aromatic carbocycles. The minimum Gasteiger partial charge on any atom is -0.451 e. The highest BCUT2D eigenvalue weighted by Gasteiger charge is 2.26. The third-order valence-electron chi connectivity index (χ3n) is 6.29. The van der Waals surface area contributed by atoms with Crippen molar-refractivity contribution in [2.75, 3.05) is 49.5 Å². The van der Waals surface area contributed by atoms with Crippen LogP contribution in [0.1, 0.15) is 23.4 Å². The summed E-state index contributed by atoms with van der Waals surface area (Å²) in [5.74, 6) is 0.231. The molecule has 3 aromatic rings. The Balaban J connectivity index is 1.25. The highest BCUT2D eigenvalue weighted by Crippen LogP contribution is 2.31. The van der Waals surface area contributed by atoms with Gasteiger partial charge in [0.05, 0.1) is 11.0 Å². The van der Waals surface area contributed by atoms with Gasteiger partial charge in [0, 0.05) is 56.5 Å². The van der Waals surface area contributed by atoms with Gasteiger partial charge >= 0.3 is 0 Å². The molecule has 172 valence electrons. The topological polar surface area (TPSA) is 101 Å². The molecule has 0 bridgehead atoms. The van der Waals surface area contributed by atoms with Gasteiger partial charge in [-0.2, -0.15) is 0 Å². The molecule has 0 spiro atoms. The van der Waals surface area contributed by atoms with Gasteiger partial charge in [-0.1, -0.05) is 18.2 Å². The minimum absolute atomic E-state index is 0.0513. The van der Waals surface area contributed by atoms with E-state index in [1.165, 1.54) is 0 Å². The molecule has 1 N–H and O–H groups in total. The number of carbonyl (C=O) groups excluding carboxylic acids is 1. The van der Waals surface area contributed by atoms with Crippen LogP contribution in [0.3, 0.4) is 0 Å². The second-order valence-electron chi connectivity index (χ2n) is 8.40. The summed E-state index contributed by atoms with van der Waals surface area (Å²) in [6.45, 7) is 3.65. The number of carbonyl (C=O) groups is 1. The van der Waals surface area contributed by atoms with Crippen molar-refractivity contribution in [3.8, 4) is 0 Å². The van der Waals surface area contributed by atoms with Gasteiger partial charge in [-0.05, 0) is 37.1 Å². The molecular weight excluding hydrogens is 424 g/mol. The van der Waals surface area contributed by atoms with E-state index in [1.807, 2.05) is 30.3 Å². The summed E-state index contributed by atoms with van der Waals surface area (Å²) < 4.78 is 11.4. The van der Waals surface area contributed by atoms with E-state index in [0.29, 0.717) is 49.8 Å². The van der Waals surface area contributed by atoms with Gasteiger partial charge in [-0.25, -0.2) is 0 Å². The van der Waals surface area contributed by atoms with E-state index in [2.05, 4.69) is 10.2 Å². The number of nitro groups is 1. The maximum absolute atomic E-state index is 12.9. The van der Waals surface area contributed by atoms with Crippen LogP contribution in [0.15, 0.2) is 52.9 Å². The Morgan fingerprint density at radius 2 is 1.94 bits per heavy atom. The average molecular weight is 450 g/mol. The van der Waals surface area contributed by atoms with Gasteiger partial charge in [0.15, 0.2) is 5.76 Å². The molecule has 33 heavy (non-hydrogen) atoms. The van der Waals surface area contributed by atoms with Crippen molar-refractivity contribution < 1.29 is 18.9 Å². The number of ether oxygens (including phenoxy) is 1. The first-order chi connectivity index (χ1) is 16.1. The third kappa shape index (κ3) is 4.49. The maximum atomic E-state index is 12.9. The SMILES string of the molecule is O=C(c1cc2ccccc2o1)N1CCN(c2ccc([N+](=O)[O-])c(NC[C@@H]3CCCO3)c2)CC1. The van der Waals surface area contributed by atoms with Gasteiger partial charge in [0.25, 0.3) is 11.6 Å². The molecule has 1 atom stereocenters. The van der Waals surface area contributed by atoms with Crippen molar-refractivity contribution in [3.05, 3.63) is 64.4 Å². The summed E-state index contributed by atoms with van der Waals surface area (Å²) in [6, 6.07) is 14.5. The van der Waals surface area contributed by atoms with Crippen molar-refractivity contribution >= 4 is 33.9 Å². The van der Waals surface area contributed by atoms with Crippen LogP contribution in [0.5, 0.6) is 0 Å². The van der Waals surface area contributed by atoms with Crippen LogP contribution >= 0.6 is 0 Å². The van der Waals surface area contributed by atoms with Crippen LogP contribution in [0.25, 0.3) is 11.0 Å². The molecular formula is C24H26N4O5. The van der Waals surface area contributed by atoms with E-state index in [0.717, 1.165) is 30.5 Å². The van der Waals surface area contributed by atoms with Crippen LogP contribution in [-0.2, 0) is 4.74 Å². The van der Waals surface area contributed by atoms with Crippen LogP contribution in [0, 0.1) is 10.1 Å². The number of rotatable bonds is 6. The molecule has 1 amide bonds. The number of nitrogens with zero attached hydrogens (tertiary/aromatic N) is 3. The number of para-hydroxylation sites is 1. The molecule has 0 radical (unpaired) electrons. The molecule has 0 aliphatic carbocycles. The fraction of sp³-hybridized carbons (Fsp3) is 0.375. The van der Waals surface area contributed by atoms with Crippen molar-refractivity contribution in [1.82, 2.24) is 4.90 Å². The molecule has 9 nitrogen and oxygen atoms in total. The van der Waals surface area contributed by atoms with Crippen LogP contribution in [0.2, 0.25) is 0 Å². The average Bonchev–Trinajstić information content (AvgIpc) is 3.52. The zero-order valence-electron chi connectivity index (χ0n) is 18.2. The predicted molar refractivity (Wildman–Crippen MR) is 125 cm³/mol. The second kappa shape index (κ2) is 9.11. The Morgan fingerprint density at radius 1 is 1.12 bits per heavy atom. The number of hydrogen-bond donors (Lipinski definition) is 1. The molecule has 9 heteroatoms. The minimum atomic E-state index is -0.369. The summed E-state index contributed by atoms with van der Waals surface area (Å²) >= 11 is 0. The van der Waals surface area contributed by atoms with Crippen molar-refractivity contribution in [2.24, 2.45) is 0 Å². The zero-order valence-corrected chi connectivity index (χ0v) is 18.2. The number of amides is 1. The smallest absolute Gasteiger partial charge is 0.292 e. The summed E-state index contributed by atoms with van der Waals surface area (Å²) in [5, 5.41) is 15.6. The lowest BCUT2D eigenvalue weighted by Gasteiger charge is -2.35. The first-order valence-corrected chi connectivity index (χ1v) is 11.3. The lowest BCUT2D eigenvalue weighted by atomic mass is 10.2. The molecule has 2 fully saturated rings. The zero-order chi connectivity index (χ0) is 22.8. The number of piperazine rings is 1. The Bertz CT molecular complexity index is 1130. The van der Waals surface area contributed by atoms with E-state index in [1.54, 1.807) is 23.1 Å². The largest absolute Gasteiger partial charge is 0.451 e. The number of benzene rings is 2. The number of fused-ring (bicyclic) bond motifs is 1. The van der Waals surface area contributed by atoms with Gasteiger partial charge < -0.3 is 24.3 Å². The van der Waals surface area contributed by atoms with Gasteiger partial charge in [0.1, 0.15) is 11.3 Å². The predicted octanol–water partition coefficient (Wildman–Crippen LogP) is 3.89. The molecule has 1 aromatic heterocycles. The molecule has 5 rings (SSSR count). The Morgan fingerprint density at radius 3 is 2.67 bits per heavy atom. The van der Waals surface area contributed by atoms with Gasteiger partial charge in [-0.15, -0.1) is 0 Å². The number of hydrogen-bond acceptors (Lipinski definition) is 7. The monoisotopic (exact) mass is 450 g/mol. The molecule has 0 unspecified atom stereocenters. The maximum Gasteiger partial charge on any atom is 0.292 e. The Kier molecular flexibility index (Phi) is 5.87. The standard InChI is InChI=1S/C24H26N4O5/c29-24(23-14-17-4-1-2-6-22(17)33-23)27-11-9-26(10-12-27)18-7-8-21(28(30)31)20(15-18)25-16-19-5-3-13-32-19/h1-2,4,6-8,14-15,19,25H,3,5,9-13,16H2/t19-/m0/s1. The van der Waals surface area contributed by atoms with E-state index >= 15 is 0 Å². The highest BCUT2D eigenvalue weighted by molar-refractivity contribution is 5.96. The summed E-state index contributed by atoms with van der Waals surface area (Å²) in [5.41, 5.74) is 2.14. The fourth-order valence-electron chi connectivity index (χ4n) is 4.46. The van der Waals surface area contributed by atoms with E-state index in [9.17, 15) is 14.9 Å². The van der Waals surface area contributed by atoms with Crippen LogP contribution in [-0.4, -0.2) is 61.2 Å². The van der Waals surface area contributed by atoms with E-state index in [4.69, 9.17) is 9.15 Å². The van der Waals surface area contributed by atoms with Gasteiger partial charge in [0.2, 0.25) is 0 Å². The lowest BCUT2D eigenvalue weighted by molar-refractivity contribution is -0.383. The number of anilines is 2. The quantitative estimate of drug-likeness (QED) is 0.449. The van der Waals surface area contributed by atoms with Crippen LogP contribution in [0.4, 0.5) is 17.1 Å². The normalized spacial score (nSPS) is 18.6. The van der Waals surface area contributed by atoms with Crippen molar-refractivity contribution in [3.63, 3.8) is 0 Å². The Hall–Kier alpha value is -3.59. The van der Waals surface area contributed by atoms with E-state index in [-0.39, 0.29) is 22.6 Å². The summed E-state index contributed by atoms with van der Waals surface area (Å²) in [7, 11) is 0. The van der Waals surface area contributed by atoms with Crippen LogP contribution < -0.4 is 10.2 Å². The molecule has 2 saturated heterocycles. The molecule has 2 aliphatic rings. The number of nitrogens with one attached hydrogen (secondary N) is 1. The molecule has 2 aliphatic heterocycles. The Labute approximate surface area is 191 Å². The third-order valence-corrected chi connectivity index (χ3v) is 6.29. The van der Waals surface area contributed by atoms with E-state index < -0.39 is 0 Å². The highest BCUT2D eigenvalue weighted by atomic mass is 16.6. The first kappa shape index (κ1) is 21.3. The first-order valence-electron chi connectivity index (χ1n) is 11.3. The number of nitro benzene ring substituents is 1. The molecule has 3 heterocycles.